The first-order valence-corrected chi connectivity index (χ1v) is 6.16. The van der Waals surface area contributed by atoms with E-state index >= 15 is 0 Å². The van der Waals surface area contributed by atoms with Gasteiger partial charge in [0.15, 0.2) is 0 Å². The summed E-state index contributed by atoms with van der Waals surface area (Å²) in [4.78, 5) is 22.1. The lowest BCUT2D eigenvalue weighted by molar-refractivity contribution is -0.141. The molecule has 17 heavy (non-hydrogen) atoms. The molecule has 0 heterocycles. The van der Waals surface area contributed by atoms with E-state index in [0.29, 0.717) is 19.4 Å². The number of carboxylic acid groups (broad SMARTS) is 1. The van der Waals surface area contributed by atoms with Gasteiger partial charge in [0.1, 0.15) is 0 Å². The second-order valence-corrected chi connectivity index (χ2v) is 4.58. The topological polar surface area (TPSA) is 92.4 Å². The second-order valence-electron chi connectivity index (χ2n) is 4.58. The van der Waals surface area contributed by atoms with Gasteiger partial charge in [0.25, 0.3) is 0 Å². The van der Waals surface area contributed by atoms with Gasteiger partial charge >= 0.3 is 5.97 Å². The Morgan fingerprint density at radius 1 is 1.35 bits per heavy atom. The Morgan fingerprint density at radius 2 is 1.94 bits per heavy atom. The van der Waals surface area contributed by atoms with Gasteiger partial charge in [-0.25, -0.2) is 0 Å². The molecule has 0 radical (unpaired) electrons. The van der Waals surface area contributed by atoms with Crippen LogP contribution in [0.5, 0.6) is 0 Å². The molecule has 3 atom stereocenters. The molecular weight excluding hydrogens is 220 g/mol. The molecule has 0 fully saturated rings. The molecule has 0 aromatic carbocycles. The van der Waals surface area contributed by atoms with Gasteiger partial charge in [0.2, 0.25) is 5.91 Å². The van der Waals surface area contributed by atoms with Crippen LogP contribution in [-0.4, -0.2) is 29.6 Å². The molecule has 1 amide bonds. The van der Waals surface area contributed by atoms with Crippen molar-refractivity contribution >= 4 is 11.9 Å². The molecule has 100 valence electrons. The summed E-state index contributed by atoms with van der Waals surface area (Å²) in [5.74, 6) is -1.15. The van der Waals surface area contributed by atoms with E-state index in [4.69, 9.17) is 10.8 Å². The number of carbonyl (C=O) groups excluding carboxylic acids is 1. The fraction of sp³-hybridized carbons (Fsp3) is 0.833. The van der Waals surface area contributed by atoms with Gasteiger partial charge in [-0.05, 0) is 18.8 Å². The van der Waals surface area contributed by atoms with E-state index in [9.17, 15) is 9.59 Å². The zero-order valence-corrected chi connectivity index (χ0v) is 10.9. The highest BCUT2D eigenvalue weighted by Crippen LogP contribution is 2.06. The molecule has 1 unspecified atom stereocenters. The van der Waals surface area contributed by atoms with E-state index in [1.165, 1.54) is 0 Å². The van der Waals surface area contributed by atoms with Crippen LogP contribution in [0.4, 0.5) is 0 Å². The summed E-state index contributed by atoms with van der Waals surface area (Å²) in [6.07, 6.45) is 2.09. The van der Waals surface area contributed by atoms with Crippen molar-refractivity contribution in [1.29, 1.82) is 0 Å². The van der Waals surface area contributed by atoms with E-state index in [1.807, 2.05) is 13.8 Å². The second kappa shape index (κ2) is 8.06. The molecule has 5 nitrogen and oxygen atoms in total. The number of nitrogens with one attached hydrogen (secondary N) is 1. The monoisotopic (exact) mass is 244 g/mol. The Hall–Kier alpha value is -1.10. The van der Waals surface area contributed by atoms with Crippen molar-refractivity contribution < 1.29 is 14.7 Å². The molecule has 0 aliphatic rings. The maximum atomic E-state index is 11.6. The largest absolute Gasteiger partial charge is 0.481 e. The fourth-order valence-corrected chi connectivity index (χ4v) is 1.37. The van der Waals surface area contributed by atoms with Gasteiger partial charge in [-0.1, -0.05) is 27.2 Å². The molecule has 5 heteroatoms. The average Bonchev–Trinajstić information content (AvgIpc) is 2.31. The summed E-state index contributed by atoms with van der Waals surface area (Å²) in [6.45, 7) is 6.08. The number of hydrogen-bond acceptors (Lipinski definition) is 3. The van der Waals surface area contributed by atoms with Crippen LogP contribution < -0.4 is 11.1 Å². The molecule has 0 bridgehead atoms. The molecule has 0 rings (SSSR count). The highest BCUT2D eigenvalue weighted by molar-refractivity contribution is 5.81. The zero-order valence-electron chi connectivity index (χ0n) is 10.9. The van der Waals surface area contributed by atoms with Gasteiger partial charge in [-0.2, -0.15) is 0 Å². The molecule has 0 aliphatic heterocycles. The van der Waals surface area contributed by atoms with E-state index in [-0.39, 0.29) is 17.7 Å². The summed E-state index contributed by atoms with van der Waals surface area (Å²) >= 11 is 0. The number of aliphatic carboxylic acids is 1. The van der Waals surface area contributed by atoms with E-state index < -0.39 is 12.0 Å². The number of hydrogen-bond donors (Lipinski definition) is 3. The lowest BCUT2D eigenvalue weighted by Crippen LogP contribution is -2.44. The van der Waals surface area contributed by atoms with Crippen molar-refractivity contribution in [2.24, 2.45) is 17.6 Å². The van der Waals surface area contributed by atoms with Gasteiger partial charge < -0.3 is 16.2 Å². The van der Waals surface area contributed by atoms with E-state index in [1.54, 1.807) is 6.92 Å². The van der Waals surface area contributed by atoms with Crippen LogP contribution in [0, 0.1) is 11.8 Å². The number of rotatable bonds is 8. The molecule has 0 aliphatic carbocycles. The molecule has 0 saturated heterocycles. The Kier molecular flexibility index (Phi) is 7.54. The number of carboxylic acids is 1. The number of amides is 1. The van der Waals surface area contributed by atoms with Crippen LogP contribution in [0.3, 0.4) is 0 Å². The molecule has 0 aromatic rings. The maximum Gasteiger partial charge on any atom is 0.306 e. The molecule has 0 aromatic heterocycles. The average molecular weight is 244 g/mol. The van der Waals surface area contributed by atoms with E-state index in [0.717, 1.165) is 6.42 Å². The van der Waals surface area contributed by atoms with Crippen LogP contribution in [0.15, 0.2) is 0 Å². The third-order valence-electron chi connectivity index (χ3n) is 3.09. The predicted octanol–water partition coefficient (Wildman–Crippen LogP) is 0.977. The predicted molar refractivity (Wildman–Crippen MR) is 66.5 cm³/mol. The minimum Gasteiger partial charge on any atom is -0.481 e. The summed E-state index contributed by atoms with van der Waals surface area (Å²) in [5, 5.41) is 11.4. The van der Waals surface area contributed by atoms with Crippen LogP contribution in [-0.2, 0) is 9.59 Å². The Bertz CT molecular complexity index is 256. The molecule has 0 saturated carbocycles. The Balaban J connectivity index is 3.75. The van der Waals surface area contributed by atoms with Crippen molar-refractivity contribution in [3.05, 3.63) is 0 Å². The van der Waals surface area contributed by atoms with Crippen LogP contribution >= 0.6 is 0 Å². The first-order valence-electron chi connectivity index (χ1n) is 6.16. The molecule has 4 N–H and O–H groups in total. The Morgan fingerprint density at radius 3 is 2.41 bits per heavy atom. The van der Waals surface area contributed by atoms with Crippen molar-refractivity contribution in [3.8, 4) is 0 Å². The van der Waals surface area contributed by atoms with Gasteiger partial charge in [-0.3, -0.25) is 9.59 Å². The lowest BCUT2D eigenvalue weighted by atomic mass is 9.99. The first-order chi connectivity index (χ1) is 7.90. The number of nitrogens with two attached hydrogens (primary N) is 1. The fourth-order valence-electron chi connectivity index (χ4n) is 1.37. The molecular formula is C12H24N2O3. The van der Waals surface area contributed by atoms with Crippen molar-refractivity contribution in [3.63, 3.8) is 0 Å². The van der Waals surface area contributed by atoms with Crippen molar-refractivity contribution in [2.75, 3.05) is 6.54 Å². The first kappa shape index (κ1) is 15.9. The summed E-state index contributed by atoms with van der Waals surface area (Å²) in [5.41, 5.74) is 5.76. The normalized spacial score (nSPS) is 16.0. The van der Waals surface area contributed by atoms with Crippen molar-refractivity contribution in [2.45, 2.75) is 46.1 Å². The third-order valence-corrected chi connectivity index (χ3v) is 3.09. The smallest absolute Gasteiger partial charge is 0.306 e. The minimum absolute atomic E-state index is 0.151. The standard InChI is InChI=1S/C12H24N2O3/c1-4-8(2)10(13)11(15)14-7-5-6-9(3)12(16)17/h8-10H,4-7,13H2,1-3H3,(H,14,15)(H,16,17)/t8-,9?,10-/m0/s1. The highest BCUT2D eigenvalue weighted by atomic mass is 16.4. The van der Waals surface area contributed by atoms with Gasteiger partial charge in [-0.15, -0.1) is 0 Å². The molecule has 0 spiro atoms. The Labute approximate surface area is 103 Å². The third kappa shape index (κ3) is 6.26. The van der Waals surface area contributed by atoms with Crippen LogP contribution in [0.1, 0.15) is 40.0 Å². The van der Waals surface area contributed by atoms with E-state index in [2.05, 4.69) is 5.32 Å². The van der Waals surface area contributed by atoms with Crippen LogP contribution in [0.25, 0.3) is 0 Å². The minimum atomic E-state index is -0.798. The van der Waals surface area contributed by atoms with Gasteiger partial charge in [0.05, 0.1) is 12.0 Å². The number of carbonyl (C=O) groups is 2. The quantitative estimate of drug-likeness (QED) is 0.555. The SMILES string of the molecule is CC[C@H](C)[C@H](N)C(=O)NCCCC(C)C(=O)O. The highest BCUT2D eigenvalue weighted by Gasteiger charge is 2.18. The van der Waals surface area contributed by atoms with Crippen LogP contribution in [0.2, 0.25) is 0 Å². The summed E-state index contributed by atoms with van der Waals surface area (Å²) in [6, 6.07) is -0.475. The lowest BCUT2D eigenvalue weighted by Gasteiger charge is -2.17. The summed E-state index contributed by atoms with van der Waals surface area (Å²) in [7, 11) is 0. The zero-order chi connectivity index (χ0) is 13.4. The van der Waals surface area contributed by atoms with Crippen molar-refractivity contribution in [1.82, 2.24) is 5.32 Å². The maximum absolute atomic E-state index is 11.6. The summed E-state index contributed by atoms with van der Waals surface area (Å²) < 4.78 is 0. The van der Waals surface area contributed by atoms with Gasteiger partial charge in [0, 0.05) is 6.54 Å².